The number of nitrogens with two attached hydrogens (primary N) is 2. The molecule has 0 aliphatic carbocycles. The second-order valence-electron chi connectivity index (χ2n) is 4.77. The van der Waals surface area contributed by atoms with Crippen molar-refractivity contribution < 1.29 is 54.9 Å². The number of amides is 4. The molecule has 2 heterocycles. The van der Waals surface area contributed by atoms with Gasteiger partial charge in [0.25, 0.3) is 0 Å². The van der Waals surface area contributed by atoms with Gasteiger partial charge in [0.05, 0.1) is 13.1 Å². The Labute approximate surface area is 195 Å². The smallest absolute Gasteiger partial charge is 1.00 e. The summed E-state index contributed by atoms with van der Waals surface area (Å²) in [6.07, 6.45) is 2.83. The van der Waals surface area contributed by atoms with Crippen LogP contribution in [-0.2, 0) is 19.2 Å². The molecule has 2 rings (SSSR count). The van der Waals surface area contributed by atoms with Crippen LogP contribution in [0.25, 0.3) is 0 Å². The minimum Gasteiger partial charge on any atom is -1.00 e. The van der Waals surface area contributed by atoms with E-state index in [1.165, 1.54) is 9.80 Å². The van der Waals surface area contributed by atoms with Gasteiger partial charge in [-0.05, 0) is 12.8 Å². The second-order valence-corrected chi connectivity index (χ2v) is 4.77. The Kier molecular flexibility index (Phi) is 26.8. The topological polar surface area (TPSA) is 190 Å². The van der Waals surface area contributed by atoms with Crippen molar-refractivity contribution in [3.05, 3.63) is 0 Å². The molecule has 4 amide bonds. The van der Waals surface area contributed by atoms with Crippen LogP contribution in [-0.4, -0.2) is 116 Å². The summed E-state index contributed by atoms with van der Waals surface area (Å²) in [4.78, 5) is 45.3. The maximum Gasteiger partial charge on any atom is 2.00 e. The number of likely N-dealkylation sites (tertiary alicyclic amines) is 2. The summed E-state index contributed by atoms with van der Waals surface area (Å²) in [6, 6.07) is 0. The van der Waals surface area contributed by atoms with Gasteiger partial charge in [-0.3, -0.25) is 19.2 Å². The van der Waals surface area contributed by atoms with Crippen LogP contribution in [0.4, 0.5) is 0 Å². The zero-order valence-corrected chi connectivity index (χ0v) is 18.8. The molecular weight excluding hydrogens is 455 g/mol. The molecule has 8 N–H and O–H groups in total. The maximum atomic E-state index is 10.8. The minimum atomic E-state index is -0.435. The summed E-state index contributed by atoms with van der Waals surface area (Å²) >= 11 is 0. The third-order valence-electron chi connectivity index (χ3n) is 3.04. The largest absolute Gasteiger partial charge is 2.00 e. The van der Waals surface area contributed by atoms with Gasteiger partial charge < -0.3 is 57.0 Å². The fourth-order valence-corrected chi connectivity index (χ4v) is 2.12. The predicted molar refractivity (Wildman–Crippen MR) is 83.0 cm³/mol. The normalized spacial score (nSPS) is 14.4. The van der Waals surface area contributed by atoms with E-state index in [0.717, 1.165) is 12.8 Å². The number of hydrogen-bond acceptors (Lipinski definition) is 4. The summed E-state index contributed by atoms with van der Waals surface area (Å²) in [7, 11) is 0. The van der Waals surface area contributed by atoms with Crippen LogP contribution in [0.2, 0.25) is 0 Å². The number of carbonyl (C=O) groups is 4. The summed E-state index contributed by atoms with van der Waals surface area (Å²) in [5, 5.41) is 0. The summed E-state index contributed by atoms with van der Waals surface area (Å²) in [6.45, 7) is 1.53. The van der Waals surface area contributed by atoms with E-state index in [0.29, 0.717) is 25.9 Å². The van der Waals surface area contributed by atoms with Crippen LogP contribution in [0.15, 0.2) is 0 Å². The Balaban J connectivity index is -0.0000000889. The predicted octanol–water partition coefficient (Wildman–Crippen LogP) is -9.83. The van der Waals surface area contributed by atoms with Crippen LogP contribution in [0.3, 0.4) is 0 Å². The van der Waals surface area contributed by atoms with Crippen LogP contribution in [0.5, 0.6) is 0 Å². The quantitative estimate of drug-likeness (QED) is 0.379. The zero-order valence-electron chi connectivity index (χ0n) is 13.8. The average molecular weight is 479 g/mol. The molecule has 0 spiro atoms. The maximum absolute atomic E-state index is 10.8. The van der Waals surface area contributed by atoms with E-state index >= 15 is 0 Å². The Hall–Kier alpha value is -0.139. The van der Waals surface area contributed by atoms with Crippen LogP contribution < -0.4 is 36.3 Å². The van der Waals surface area contributed by atoms with Gasteiger partial charge in [0.2, 0.25) is 23.6 Å². The molecule has 25 heavy (non-hydrogen) atoms. The molecule has 2 saturated heterocycles. The molecule has 144 valence electrons. The van der Waals surface area contributed by atoms with Gasteiger partial charge in [-0.25, -0.2) is 0 Å². The number of primary amides is 2. The molecule has 13 heteroatoms. The molecule has 2 fully saturated rings. The van der Waals surface area contributed by atoms with E-state index in [9.17, 15) is 19.2 Å². The Morgan fingerprint density at radius 2 is 1.08 bits per heavy atom. The molecule has 0 bridgehead atoms. The van der Waals surface area contributed by atoms with Crippen molar-refractivity contribution in [1.29, 1.82) is 0 Å². The van der Waals surface area contributed by atoms with E-state index in [-0.39, 0.29) is 106 Å². The fourth-order valence-electron chi connectivity index (χ4n) is 2.12. The first-order valence-electron chi connectivity index (χ1n) is 6.52. The molecule has 0 aromatic carbocycles. The number of nitrogens with zero attached hydrogens (tertiary/aromatic N) is 2. The molecule has 0 aromatic rings. The SMILES string of the molecule is NC(=O)CN1CCCC1=O.NC(=O)CN1CCCC1=O.O.O.[Cl-].[Cl-].[Sr+2]. The molecule has 2 aliphatic rings. The third kappa shape index (κ3) is 14.7. The van der Waals surface area contributed by atoms with Crippen LogP contribution in [0, 0.1) is 0 Å². The number of halogens is 2. The van der Waals surface area contributed by atoms with Crippen molar-refractivity contribution in [3.63, 3.8) is 0 Å². The van der Waals surface area contributed by atoms with Crippen molar-refractivity contribution in [3.8, 4) is 0 Å². The molecule has 0 atom stereocenters. The van der Waals surface area contributed by atoms with Gasteiger partial charge in [-0.15, -0.1) is 0 Å². The molecule has 0 unspecified atom stereocenters. The van der Waals surface area contributed by atoms with Gasteiger partial charge in [0.1, 0.15) is 0 Å². The Morgan fingerprint density at radius 3 is 1.24 bits per heavy atom. The average Bonchev–Trinajstić information content (AvgIpc) is 2.90. The van der Waals surface area contributed by atoms with Crippen molar-refractivity contribution in [2.45, 2.75) is 25.7 Å². The van der Waals surface area contributed by atoms with Gasteiger partial charge in [0.15, 0.2) is 0 Å². The molecule has 0 radical (unpaired) electrons. The van der Waals surface area contributed by atoms with E-state index < -0.39 is 11.8 Å². The number of hydrogen-bond donors (Lipinski definition) is 2. The number of carbonyl (C=O) groups excluding carboxylic acids is 4. The van der Waals surface area contributed by atoms with Crippen LogP contribution >= 0.6 is 0 Å². The van der Waals surface area contributed by atoms with Crippen molar-refractivity contribution in [1.82, 2.24) is 9.80 Å². The van der Waals surface area contributed by atoms with Crippen LogP contribution in [0.1, 0.15) is 25.7 Å². The van der Waals surface area contributed by atoms with Gasteiger partial charge in [-0.2, -0.15) is 0 Å². The first-order chi connectivity index (χ1) is 9.40. The van der Waals surface area contributed by atoms with Gasteiger partial charge >= 0.3 is 45.5 Å². The van der Waals surface area contributed by atoms with Gasteiger partial charge in [0, 0.05) is 25.9 Å². The van der Waals surface area contributed by atoms with Crippen molar-refractivity contribution in [2.75, 3.05) is 26.2 Å². The molecular formula is C12H24Cl2N4O6Sr. The van der Waals surface area contributed by atoms with Gasteiger partial charge in [-0.1, -0.05) is 0 Å². The Morgan fingerprint density at radius 1 is 0.800 bits per heavy atom. The monoisotopic (exact) mass is 478 g/mol. The van der Waals surface area contributed by atoms with Crippen molar-refractivity contribution in [2.24, 2.45) is 11.5 Å². The number of rotatable bonds is 4. The molecule has 2 aliphatic heterocycles. The van der Waals surface area contributed by atoms with E-state index in [2.05, 4.69) is 0 Å². The minimum absolute atomic E-state index is 0. The summed E-state index contributed by atoms with van der Waals surface area (Å²) in [5.41, 5.74) is 9.80. The van der Waals surface area contributed by atoms with E-state index in [1.807, 2.05) is 0 Å². The van der Waals surface area contributed by atoms with E-state index in [4.69, 9.17) is 11.5 Å². The standard InChI is InChI=1S/2C6H10N2O2.2ClH.2H2O.Sr/c2*7-5(9)4-8-3-1-2-6(8)10;;;;;/h2*1-4H2,(H2,7,9);2*1H;2*1H2;/q;;;;;;+2/p-2. The Bertz CT molecular complexity index is 392. The third-order valence-corrected chi connectivity index (χ3v) is 3.04. The summed E-state index contributed by atoms with van der Waals surface area (Å²) < 4.78 is 0. The molecule has 0 aromatic heterocycles. The zero-order chi connectivity index (χ0) is 15.1. The second kappa shape index (κ2) is 18.6. The first-order valence-corrected chi connectivity index (χ1v) is 6.52. The van der Waals surface area contributed by atoms with Crippen molar-refractivity contribution >= 4 is 69.1 Å². The molecule has 10 nitrogen and oxygen atoms in total. The first kappa shape index (κ1) is 35.9. The summed E-state index contributed by atoms with van der Waals surface area (Å²) in [5.74, 6) is -0.789. The molecule has 0 saturated carbocycles. The van der Waals surface area contributed by atoms with E-state index in [1.54, 1.807) is 0 Å². The fraction of sp³-hybridized carbons (Fsp3) is 0.667.